The van der Waals surface area contributed by atoms with Crippen molar-refractivity contribution in [3.05, 3.63) is 88.7 Å². The zero-order chi connectivity index (χ0) is 16.9. The van der Waals surface area contributed by atoms with Gasteiger partial charge in [-0.1, -0.05) is 68.5 Å². The molecule has 1 aliphatic rings. The smallest absolute Gasteiger partial charge is 0.139 e. The third kappa shape index (κ3) is 1.94. The average Bonchev–Trinajstić information content (AvgIpc) is 3.02. The minimum absolute atomic E-state index is 0.0240. The average molecular weight is 314 g/mol. The topological polar surface area (TPSA) is 13.1 Å². The number of fused-ring (bicyclic) bond motifs is 2. The summed E-state index contributed by atoms with van der Waals surface area (Å²) >= 11 is 0. The van der Waals surface area contributed by atoms with Gasteiger partial charge < -0.3 is 4.42 Å². The van der Waals surface area contributed by atoms with Crippen molar-refractivity contribution in [2.75, 3.05) is 0 Å². The summed E-state index contributed by atoms with van der Waals surface area (Å²) < 4.78 is 6.32. The summed E-state index contributed by atoms with van der Waals surface area (Å²) in [6.07, 6.45) is 4.36. The molecule has 1 heteroatoms. The molecule has 0 spiro atoms. The standard InChI is InChI=1S/C23H22O/c1-5-10-19-21(17-12-6-8-13-18(17)23(19,3)4)22-15(2)16-11-7-9-14-20(16)24-22/h5-14H,1-4H3/b10-5-. The first-order chi connectivity index (χ1) is 11.6. The fraction of sp³-hybridized carbons (Fsp3) is 0.217. The molecule has 2 aromatic carbocycles. The van der Waals surface area contributed by atoms with Gasteiger partial charge in [-0.05, 0) is 36.6 Å². The highest BCUT2D eigenvalue weighted by molar-refractivity contribution is 5.95. The monoisotopic (exact) mass is 314 g/mol. The lowest BCUT2D eigenvalue weighted by Crippen LogP contribution is -2.16. The van der Waals surface area contributed by atoms with Crippen molar-refractivity contribution < 1.29 is 4.42 Å². The molecular formula is C23H22O. The van der Waals surface area contributed by atoms with Gasteiger partial charge in [0.2, 0.25) is 0 Å². The van der Waals surface area contributed by atoms with Crippen molar-refractivity contribution in [1.82, 2.24) is 0 Å². The molecule has 1 aromatic heterocycles. The van der Waals surface area contributed by atoms with Crippen molar-refractivity contribution >= 4 is 16.5 Å². The van der Waals surface area contributed by atoms with E-state index in [4.69, 9.17) is 4.42 Å². The zero-order valence-electron chi connectivity index (χ0n) is 14.7. The summed E-state index contributed by atoms with van der Waals surface area (Å²) in [4.78, 5) is 0. The Morgan fingerprint density at radius 1 is 0.958 bits per heavy atom. The molecule has 0 N–H and O–H groups in total. The van der Waals surface area contributed by atoms with Crippen LogP contribution < -0.4 is 0 Å². The molecule has 4 rings (SSSR count). The lowest BCUT2D eigenvalue weighted by molar-refractivity contribution is 0.595. The van der Waals surface area contributed by atoms with Crippen LogP contribution in [0.4, 0.5) is 0 Å². The Kier molecular flexibility index (Phi) is 3.28. The number of rotatable bonds is 2. The van der Waals surface area contributed by atoms with E-state index >= 15 is 0 Å². The SMILES string of the molecule is C/C=C\C1=C(c2oc3ccccc3c2C)c2ccccc2C1(C)C. The van der Waals surface area contributed by atoms with Crippen molar-refractivity contribution in [2.24, 2.45) is 0 Å². The van der Waals surface area contributed by atoms with Crippen molar-refractivity contribution in [1.29, 1.82) is 0 Å². The summed E-state index contributed by atoms with van der Waals surface area (Å²) in [5.74, 6) is 1.00. The molecule has 120 valence electrons. The number of benzene rings is 2. The molecule has 24 heavy (non-hydrogen) atoms. The molecule has 0 saturated heterocycles. The minimum Gasteiger partial charge on any atom is -0.456 e. The van der Waals surface area contributed by atoms with Gasteiger partial charge in [-0.15, -0.1) is 0 Å². The quantitative estimate of drug-likeness (QED) is 0.532. The first-order valence-corrected chi connectivity index (χ1v) is 8.51. The van der Waals surface area contributed by atoms with Crippen LogP contribution >= 0.6 is 0 Å². The summed E-state index contributed by atoms with van der Waals surface area (Å²) in [5, 5.41) is 1.20. The molecule has 0 amide bonds. The van der Waals surface area contributed by atoms with Crippen LogP contribution in [0, 0.1) is 6.92 Å². The number of hydrogen-bond acceptors (Lipinski definition) is 1. The van der Waals surface area contributed by atoms with E-state index in [0.29, 0.717) is 0 Å². The minimum atomic E-state index is -0.0240. The fourth-order valence-corrected chi connectivity index (χ4v) is 3.96. The molecule has 1 heterocycles. The summed E-state index contributed by atoms with van der Waals surface area (Å²) in [5.41, 5.74) is 7.38. The second-order valence-electron chi connectivity index (χ2n) is 7.01. The molecule has 1 nitrogen and oxygen atoms in total. The van der Waals surface area contributed by atoms with Crippen LogP contribution in [-0.2, 0) is 5.41 Å². The number of hydrogen-bond donors (Lipinski definition) is 0. The Bertz CT molecular complexity index is 996. The fourth-order valence-electron chi connectivity index (χ4n) is 3.96. The Labute approximate surface area is 143 Å². The van der Waals surface area contributed by atoms with Crippen LogP contribution in [-0.4, -0.2) is 0 Å². The Balaban J connectivity index is 2.10. The molecule has 1 aliphatic carbocycles. The molecule has 0 aliphatic heterocycles. The maximum Gasteiger partial charge on any atom is 0.139 e. The molecule has 0 fully saturated rings. The third-order valence-corrected chi connectivity index (χ3v) is 5.22. The summed E-state index contributed by atoms with van der Waals surface area (Å²) in [6.45, 7) is 8.84. The number of para-hydroxylation sites is 1. The van der Waals surface area contributed by atoms with Gasteiger partial charge in [0.1, 0.15) is 11.3 Å². The molecule has 0 unspecified atom stereocenters. The van der Waals surface area contributed by atoms with Gasteiger partial charge in [0.25, 0.3) is 0 Å². The van der Waals surface area contributed by atoms with E-state index in [0.717, 1.165) is 11.3 Å². The molecular weight excluding hydrogens is 292 g/mol. The highest BCUT2D eigenvalue weighted by Crippen LogP contribution is 2.50. The highest BCUT2D eigenvalue weighted by Gasteiger charge is 2.38. The second kappa shape index (κ2) is 5.24. The van der Waals surface area contributed by atoms with Crippen LogP contribution in [0.15, 0.2) is 70.7 Å². The Morgan fingerprint density at radius 2 is 1.67 bits per heavy atom. The van der Waals surface area contributed by atoms with E-state index in [1.54, 1.807) is 0 Å². The predicted molar refractivity (Wildman–Crippen MR) is 101 cm³/mol. The third-order valence-electron chi connectivity index (χ3n) is 5.22. The van der Waals surface area contributed by atoms with Gasteiger partial charge in [-0.2, -0.15) is 0 Å². The van der Waals surface area contributed by atoms with Gasteiger partial charge >= 0.3 is 0 Å². The van der Waals surface area contributed by atoms with Gasteiger partial charge in [-0.3, -0.25) is 0 Å². The van der Waals surface area contributed by atoms with E-state index in [9.17, 15) is 0 Å². The number of allylic oxidation sites excluding steroid dienone is 3. The second-order valence-corrected chi connectivity index (χ2v) is 7.01. The van der Waals surface area contributed by atoms with Crippen molar-refractivity contribution in [3.8, 4) is 0 Å². The predicted octanol–water partition coefficient (Wildman–Crippen LogP) is 6.41. The summed E-state index contributed by atoms with van der Waals surface area (Å²) in [6, 6.07) is 17.0. The zero-order valence-corrected chi connectivity index (χ0v) is 14.7. The largest absolute Gasteiger partial charge is 0.456 e. The molecule has 3 aromatic rings. The first-order valence-electron chi connectivity index (χ1n) is 8.51. The van der Waals surface area contributed by atoms with Crippen LogP contribution in [0.3, 0.4) is 0 Å². The van der Waals surface area contributed by atoms with Crippen LogP contribution in [0.1, 0.15) is 43.2 Å². The van der Waals surface area contributed by atoms with E-state index in [2.05, 4.69) is 76.2 Å². The Morgan fingerprint density at radius 3 is 2.42 bits per heavy atom. The van der Waals surface area contributed by atoms with Crippen molar-refractivity contribution in [3.63, 3.8) is 0 Å². The first kappa shape index (κ1) is 15.0. The van der Waals surface area contributed by atoms with E-state index < -0.39 is 0 Å². The van der Waals surface area contributed by atoms with E-state index in [-0.39, 0.29) is 5.41 Å². The van der Waals surface area contributed by atoms with Crippen LogP contribution in [0.5, 0.6) is 0 Å². The Hall–Kier alpha value is -2.54. The van der Waals surface area contributed by atoms with Crippen molar-refractivity contribution in [2.45, 2.75) is 33.1 Å². The highest BCUT2D eigenvalue weighted by atomic mass is 16.3. The normalized spacial score (nSPS) is 16.3. The number of furan rings is 1. The molecule has 0 saturated carbocycles. The molecule has 0 atom stereocenters. The van der Waals surface area contributed by atoms with E-state index in [1.165, 1.54) is 33.2 Å². The number of aryl methyl sites for hydroxylation is 1. The van der Waals surface area contributed by atoms with E-state index in [1.807, 2.05) is 12.1 Å². The summed E-state index contributed by atoms with van der Waals surface area (Å²) in [7, 11) is 0. The van der Waals surface area contributed by atoms with Crippen LogP contribution in [0.25, 0.3) is 16.5 Å². The lowest BCUT2D eigenvalue weighted by atomic mass is 9.81. The van der Waals surface area contributed by atoms with Gasteiger partial charge in [0.05, 0.1) is 0 Å². The van der Waals surface area contributed by atoms with Gasteiger partial charge in [0, 0.05) is 21.9 Å². The van der Waals surface area contributed by atoms with Gasteiger partial charge in [-0.25, -0.2) is 0 Å². The van der Waals surface area contributed by atoms with Crippen LogP contribution in [0.2, 0.25) is 0 Å². The van der Waals surface area contributed by atoms with Gasteiger partial charge in [0.15, 0.2) is 0 Å². The maximum atomic E-state index is 6.32. The maximum absolute atomic E-state index is 6.32. The molecule has 0 radical (unpaired) electrons. The lowest BCUT2D eigenvalue weighted by Gasteiger charge is -2.22. The molecule has 0 bridgehead atoms.